The van der Waals surface area contributed by atoms with Gasteiger partial charge in [0.05, 0.1) is 0 Å². The largest absolute Gasteiger partial charge is 0.384 e. The van der Waals surface area contributed by atoms with E-state index in [0.717, 1.165) is 31.4 Å². The van der Waals surface area contributed by atoms with E-state index in [0.29, 0.717) is 18.3 Å². The summed E-state index contributed by atoms with van der Waals surface area (Å²) in [4.78, 5) is 4.52. The van der Waals surface area contributed by atoms with Crippen molar-refractivity contribution in [1.29, 1.82) is 0 Å². The second-order valence-electron chi connectivity index (χ2n) is 5.24. The van der Waals surface area contributed by atoms with Gasteiger partial charge in [0.2, 0.25) is 5.82 Å². The molecule has 1 aromatic carbocycles. The molecule has 0 saturated carbocycles. The number of aromatic nitrogens is 2. The quantitative estimate of drug-likeness (QED) is 0.880. The predicted octanol–water partition coefficient (Wildman–Crippen LogP) is 3.58. The van der Waals surface area contributed by atoms with Crippen LogP contribution in [0.4, 0.5) is 5.69 Å². The standard InChI is InChI=1S/C16H21N3O2/c1-3-5-14(20-4-2)15-18-16(21-19-15)12-6-7-13-11(10-12)8-9-17-13/h6-7,10,14,17H,3-5,8-9H2,1-2H3. The second kappa shape index (κ2) is 6.26. The van der Waals surface area contributed by atoms with Crippen molar-refractivity contribution < 1.29 is 9.26 Å². The maximum atomic E-state index is 5.70. The number of ether oxygens (including phenoxy) is 1. The molecule has 0 saturated heterocycles. The van der Waals surface area contributed by atoms with Gasteiger partial charge in [-0.1, -0.05) is 18.5 Å². The molecule has 5 heteroatoms. The topological polar surface area (TPSA) is 60.2 Å². The number of fused-ring (bicyclic) bond motifs is 1. The Morgan fingerprint density at radius 3 is 3.10 bits per heavy atom. The van der Waals surface area contributed by atoms with Gasteiger partial charge in [-0.05, 0) is 43.5 Å². The van der Waals surface area contributed by atoms with Crippen LogP contribution in [0.2, 0.25) is 0 Å². The van der Waals surface area contributed by atoms with E-state index in [-0.39, 0.29) is 6.10 Å². The molecule has 0 bridgehead atoms. The van der Waals surface area contributed by atoms with Gasteiger partial charge in [-0.3, -0.25) is 0 Å². The molecular formula is C16H21N3O2. The summed E-state index contributed by atoms with van der Waals surface area (Å²) in [6.45, 7) is 5.76. The predicted molar refractivity (Wildman–Crippen MR) is 81.2 cm³/mol. The maximum absolute atomic E-state index is 5.70. The fourth-order valence-corrected chi connectivity index (χ4v) is 2.67. The number of anilines is 1. The Balaban J connectivity index is 1.83. The van der Waals surface area contributed by atoms with Gasteiger partial charge in [0, 0.05) is 24.4 Å². The molecular weight excluding hydrogens is 266 g/mol. The van der Waals surface area contributed by atoms with Gasteiger partial charge >= 0.3 is 0 Å². The maximum Gasteiger partial charge on any atom is 0.258 e. The lowest BCUT2D eigenvalue weighted by Crippen LogP contribution is -2.05. The van der Waals surface area contributed by atoms with Crippen molar-refractivity contribution in [3.8, 4) is 11.5 Å². The summed E-state index contributed by atoms with van der Waals surface area (Å²) in [5.74, 6) is 1.22. The molecule has 3 rings (SSSR count). The van der Waals surface area contributed by atoms with Crippen molar-refractivity contribution >= 4 is 5.69 Å². The van der Waals surface area contributed by atoms with Crippen LogP contribution in [0.1, 0.15) is 44.2 Å². The van der Waals surface area contributed by atoms with E-state index in [1.807, 2.05) is 13.0 Å². The van der Waals surface area contributed by atoms with Crippen LogP contribution in [0.15, 0.2) is 22.7 Å². The molecule has 5 nitrogen and oxygen atoms in total. The van der Waals surface area contributed by atoms with Crippen LogP contribution in [0.5, 0.6) is 0 Å². The number of benzene rings is 1. The summed E-state index contributed by atoms with van der Waals surface area (Å²) in [5, 5.41) is 7.45. The van der Waals surface area contributed by atoms with Crippen LogP contribution in [0, 0.1) is 0 Å². The zero-order chi connectivity index (χ0) is 14.7. The third-order valence-electron chi connectivity index (χ3n) is 3.71. The molecule has 0 spiro atoms. The van der Waals surface area contributed by atoms with Crippen molar-refractivity contribution in [2.24, 2.45) is 0 Å². The molecule has 0 radical (unpaired) electrons. The fourth-order valence-electron chi connectivity index (χ4n) is 2.67. The van der Waals surface area contributed by atoms with E-state index >= 15 is 0 Å². The molecule has 1 atom stereocenters. The molecule has 2 heterocycles. The Bertz CT molecular complexity index is 603. The first-order chi connectivity index (χ1) is 10.3. The SMILES string of the molecule is CCCC(OCC)c1noc(-c2ccc3c(c2)CCN3)n1. The molecule has 2 aromatic rings. The van der Waals surface area contributed by atoms with Gasteiger partial charge in [0.15, 0.2) is 0 Å². The number of nitrogens with zero attached hydrogens (tertiary/aromatic N) is 2. The van der Waals surface area contributed by atoms with Gasteiger partial charge in [0.1, 0.15) is 6.10 Å². The normalized spacial score (nSPS) is 14.8. The first-order valence-electron chi connectivity index (χ1n) is 7.64. The molecule has 1 N–H and O–H groups in total. The van der Waals surface area contributed by atoms with Crippen LogP contribution in [0.3, 0.4) is 0 Å². The molecule has 0 aliphatic carbocycles. The minimum absolute atomic E-state index is 0.0754. The van der Waals surface area contributed by atoms with Crippen molar-refractivity contribution in [2.75, 3.05) is 18.5 Å². The smallest absolute Gasteiger partial charge is 0.258 e. The monoisotopic (exact) mass is 287 g/mol. The zero-order valence-corrected chi connectivity index (χ0v) is 12.6. The van der Waals surface area contributed by atoms with Crippen LogP contribution in [-0.2, 0) is 11.2 Å². The average Bonchev–Trinajstić information content (AvgIpc) is 3.15. The molecule has 21 heavy (non-hydrogen) atoms. The van der Waals surface area contributed by atoms with Crippen molar-refractivity contribution in [2.45, 2.75) is 39.2 Å². The highest BCUT2D eigenvalue weighted by atomic mass is 16.5. The lowest BCUT2D eigenvalue weighted by Gasteiger charge is -2.11. The van der Waals surface area contributed by atoms with Crippen molar-refractivity contribution in [1.82, 2.24) is 10.1 Å². The lowest BCUT2D eigenvalue weighted by molar-refractivity contribution is 0.0478. The number of nitrogens with one attached hydrogen (secondary N) is 1. The number of hydrogen-bond donors (Lipinski definition) is 1. The molecule has 1 aliphatic heterocycles. The Morgan fingerprint density at radius 1 is 1.38 bits per heavy atom. The molecule has 112 valence electrons. The summed E-state index contributed by atoms with van der Waals surface area (Å²) >= 11 is 0. The first-order valence-corrected chi connectivity index (χ1v) is 7.64. The summed E-state index contributed by atoms with van der Waals surface area (Å²) in [5.41, 5.74) is 3.49. The summed E-state index contributed by atoms with van der Waals surface area (Å²) in [6, 6.07) is 6.22. The lowest BCUT2D eigenvalue weighted by atomic mass is 10.1. The van der Waals surface area contributed by atoms with Gasteiger partial charge < -0.3 is 14.6 Å². The van der Waals surface area contributed by atoms with Gasteiger partial charge in [-0.2, -0.15) is 4.98 Å². The van der Waals surface area contributed by atoms with Crippen LogP contribution in [-0.4, -0.2) is 23.3 Å². The van der Waals surface area contributed by atoms with E-state index in [2.05, 4.69) is 34.5 Å². The Morgan fingerprint density at radius 2 is 2.29 bits per heavy atom. The fraction of sp³-hybridized carbons (Fsp3) is 0.500. The zero-order valence-electron chi connectivity index (χ0n) is 12.6. The van der Waals surface area contributed by atoms with Gasteiger partial charge in [-0.15, -0.1) is 0 Å². The third kappa shape index (κ3) is 2.93. The minimum Gasteiger partial charge on any atom is -0.384 e. The summed E-state index contributed by atoms with van der Waals surface area (Å²) < 4.78 is 11.1. The van der Waals surface area contributed by atoms with Crippen molar-refractivity contribution in [3.05, 3.63) is 29.6 Å². The number of rotatable bonds is 6. The molecule has 1 aliphatic rings. The molecule has 0 amide bonds. The van der Waals surface area contributed by atoms with Crippen LogP contribution >= 0.6 is 0 Å². The Kier molecular flexibility index (Phi) is 4.20. The van der Waals surface area contributed by atoms with Crippen LogP contribution < -0.4 is 5.32 Å². The highest BCUT2D eigenvalue weighted by Crippen LogP contribution is 2.29. The molecule has 1 aromatic heterocycles. The van der Waals surface area contributed by atoms with E-state index in [1.165, 1.54) is 11.3 Å². The average molecular weight is 287 g/mol. The van der Waals surface area contributed by atoms with E-state index in [9.17, 15) is 0 Å². The van der Waals surface area contributed by atoms with E-state index in [1.54, 1.807) is 0 Å². The van der Waals surface area contributed by atoms with Gasteiger partial charge in [-0.25, -0.2) is 0 Å². The number of hydrogen-bond acceptors (Lipinski definition) is 5. The van der Waals surface area contributed by atoms with Crippen LogP contribution in [0.25, 0.3) is 11.5 Å². The second-order valence-corrected chi connectivity index (χ2v) is 5.24. The Hall–Kier alpha value is -1.88. The third-order valence-corrected chi connectivity index (χ3v) is 3.71. The highest BCUT2D eigenvalue weighted by molar-refractivity contribution is 5.64. The highest BCUT2D eigenvalue weighted by Gasteiger charge is 2.19. The summed E-state index contributed by atoms with van der Waals surface area (Å²) in [6.07, 6.45) is 2.90. The molecule has 0 fully saturated rings. The van der Waals surface area contributed by atoms with Crippen molar-refractivity contribution in [3.63, 3.8) is 0 Å². The summed E-state index contributed by atoms with van der Waals surface area (Å²) in [7, 11) is 0. The minimum atomic E-state index is -0.0754. The van der Waals surface area contributed by atoms with Gasteiger partial charge in [0.25, 0.3) is 5.89 Å². The van der Waals surface area contributed by atoms with E-state index in [4.69, 9.17) is 9.26 Å². The first kappa shape index (κ1) is 14.1. The molecule has 1 unspecified atom stereocenters. The van der Waals surface area contributed by atoms with E-state index < -0.39 is 0 Å². The Labute approximate surface area is 124 Å².